The van der Waals surface area contributed by atoms with Gasteiger partial charge in [-0.3, -0.25) is 4.99 Å². The lowest BCUT2D eigenvalue weighted by Gasteiger charge is -1.99. The lowest BCUT2D eigenvalue weighted by atomic mass is 10.1. The Bertz CT molecular complexity index is 789. The van der Waals surface area contributed by atoms with Crippen LogP contribution in [0, 0.1) is 0 Å². The quantitative estimate of drug-likeness (QED) is 0.663. The molecule has 0 spiro atoms. The molecule has 0 saturated heterocycles. The highest BCUT2D eigenvalue weighted by Crippen LogP contribution is 2.33. The van der Waals surface area contributed by atoms with E-state index in [0.717, 1.165) is 22.3 Å². The van der Waals surface area contributed by atoms with Gasteiger partial charge in [0.15, 0.2) is 0 Å². The summed E-state index contributed by atoms with van der Waals surface area (Å²) >= 11 is 0. The van der Waals surface area contributed by atoms with Gasteiger partial charge in [0.2, 0.25) is 0 Å². The highest BCUT2D eigenvalue weighted by molar-refractivity contribution is 6.18. The lowest BCUT2D eigenvalue weighted by molar-refractivity contribution is 1.33. The van der Waals surface area contributed by atoms with Gasteiger partial charge >= 0.3 is 0 Å². The third-order valence-corrected chi connectivity index (χ3v) is 3.27. The number of nitrogens with zero attached hydrogens (tertiary/aromatic N) is 2. The topological polar surface area (TPSA) is 24.7 Å². The SMILES string of the molecule is C1=Nc2ccccc2C1=C1C=c2ccccc2=N1. The van der Waals surface area contributed by atoms with E-state index >= 15 is 0 Å². The van der Waals surface area contributed by atoms with E-state index in [1.165, 1.54) is 10.8 Å². The smallest absolute Gasteiger partial charge is 0.0738 e. The fourth-order valence-corrected chi connectivity index (χ4v) is 2.38. The number of allylic oxidation sites excluding steroid dienone is 2. The zero-order valence-corrected chi connectivity index (χ0v) is 9.67. The van der Waals surface area contributed by atoms with E-state index in [4.69, 9.17) is 0 Å². The van der Waals surface area contributed by atoms with Gasteiger partial charge in [-0.25, -0.2) is 4.99 Å². The van der Waals surface area contributed by atoms with Gasteiger partial charge in [-0.1, -0.05) is 36.4 Å². The summed E-state index contributed by atoms with van der Waals surface area (Å²) in [5.74, 6) is 0. The number of aliphatic imine (C=N–C) groups is 1. The van der Waals surface area contributed by atoms with Crippen molar-refractivity contribution in [1.29, 1.82) is 0 Å². The van der Waals surface area contributed by atoms with E-state index < -0.39 is 0 Å². The van der Waals surface area contributed by atoms with Crippen LogP contribution in [0.5, 0.6) is 0 Å². The van der Waals surface area contributed by atoms with Crippen molar-refractivity contribution in [3.8, 4) is 0 Å². The Balaban J connectivity index is 1.99. The van der Waals surface area contributed by atoms with Gasteiger partial charge in [0.1, 0.15) is 0 Å². The molecule has 2 heteroatoms. The van der Waals surface area contributed by atoms with E-state index in [0.29, 0.717) is 0 Å². The Morgan fingerprint density at radius 1 is 0.833 bits per heavy atom. The van der Waals surface area contributed by atoms with Crippen LogP contribution in [0.3, 0.4) is 0 Å². The van der Waals surface area contributed by atoms with Crippen LogP contribution in [0.25, 0.3) is 11.6 Å². The van der Waals surface area contributed by atoms with Crippen molar-refractivity contribution in [3.05, 3.63) is 70.4 Å². The number of hydrogen-bond acceptors (Lipinski definition) is 2. The Hall–Kier alpha value is -2.48. The van der Waals surface area contributed by atoms with Crippen LogP contribution in [0.2, 0.25) is 0 Å². The predicted octanol–water partition coefficient (Wildman–Crippen LogP) is 2.23. The summed E-state index contributed by atoms with van der Waals surface area (Å²) in [6, 6.07) is 16.3. The Morgan fingerprint density at radius 3 is 2.61 bits per heavy atom. The first-order chi connectivity index (χ1) is 8.92. The highest BCUT2D eigenvalue weighted by atomic mass is 14.8. The average molecular weight is 230 g/mol. The Labute approximate surface area is 104 Å². The number of benzene rings is 2. The normalized spacial score (nSPS) is 19.1. The van der Waals surface area contributed by atoms with Crippen molar-refractivity contribution < 1.29 is 0 Å². The largest absolute Gasteiger partial charge is 0.256 e. The van der Waals surface area contributed by atoms with Gasteiger partial charge in [0, 0.05) is 22.6 Å². The predicted molar refractivity (Wildman–Crippen MR) is 73.2 cm³/mol. The maximum Gasteiger partial charge on any atom is 0.0738 e. The van der Waals surface area contributed by atoms with E-state index in [2.05, 4.69) is 28.2 Å². The van der Waals surface area contributed by atoms with Crippen LogP contribution in [-0.4, -0.2) is 6.21 Å². The summed E-state index contributed by atoms with van der Waals surface area (Å²) in [4.78, 5) is 9.09. The standard InChI is InChI=1S/C16H10N2/c1-3-7-14-11(5-1)9-16(18-14)13-10-17-15-8-4-2-6-12(13)15/h1-10H. The number of fused-ring (bicyclic) bond motifs is 2. The van der Waals surface area contributed by atoms with Gasteiger partial charge in [-0.15, -0.1) is 0 Å². The zero-order valence-electron chi connectivity index (χ0n) is 9.67. The molecular weight excluding hydrogens is 220 g/mol. The summed E-state index contributed by atoms with van der Waals surface area (Å²) in [5.41, 5.74) is 4.31. The molecule has 0 atom stereocenters. The molecule has 2 aliphatic rings. The molecule has 0 bridgehead atoms. The summed E-state index contributed by atoms with van der Waals surface area (Å²) in [6.07, 6.45) is 4.03. The molecule has 0 radical (unpaired) electrons. The van der Waals surface area contributed by atoms with E-state index in [9.17, 15) is 0 Å². The van der Waals surface area contributed by atoms with Crippen LogP contribution < -0.4 is 10.6 Å². The summed E-state index contributed by atoms with van der Waals surface area (Å²) in [6.45, 7) is 0. The van der Waals surface area contributed by atoms with Crippen molar-refractivity contribution in [3.63, 3.8) is 0 Å². The number of hydrogen-bond donors (Lipinski definition) is 0. The molecule has 18 heavy (non-hydrogen) atoms. The van der Waals surface area contributed by atoms with Gasteiger partial charge in [-0.05, 0) is 18.2 Å². The van der Waals surface area contributed by atoms with Gasteiger partial charge < -0.3 is 0 Å². The van der Waals surface area contributed by atoms with Crippen molar-refractivity contribution in [2.24, 2.45) is 9.98 Å². The molecule has 2 aromatic carbocycles. The fourth-order valence-electron chi connectivity index (χ4n) is 2.38. The molecule has 0 saturated carbocycles. The summed E-state index contributed by atoms with van der Waals surface area (Å²) in [7, 11) is 0. The molecule has 0 unspecified atom stereocenters. The Kier molecular flexibility index (Phi) is 1.86. The number of para-hydroxylation sites is 2. The Morgan fingerprint density at radius 2 is 1.67 bits per heavy atom. The average Bonchev–Trinajstić information content (AvgIpc) is 3.02. The first-order valence-corrected chi connectivity index (χ1v) is 5.95. The fraction of sp³-hybridized carbons (Fsp3) is 0. The second-order valence-corrected chi connectivity index (χ2v) is 4.39. The molecule has 2 nitrogen and oxygen atoms in total. The monoisotopic (exact) mass is 230 g/mol. The minimum atomic E-state index is 1.00. The third kappa shape index (κ3) is 1.29. The minimum absolute atomic E-state index is 1.00. The van der Waals surface area contributed by atoms with Gasteiger partial charge in [0.05, 0.1) is 16.7 Å². The maximum atomic E-state index is 4.67. The molecule has 0 fully saturated rings. The second-order valence-electron chi connectivity index (χ2n) is 4.39. The third-order valence-electron chi connectivity index (χ3n) is 3.27. The number of rotatable bonds is 0. The minimum Gasteiger partial charge on any atom is -0.256 e. The van der Waals surface area contributed by atoms with Crippen LogP contribution in [0.15, 0.2) is 64.2 Å². The molecule has 0 N–H and O–H groups in total. The van der Waals surface area contributed by atoms with E-state index in [1.807, 2.05) is 42.6 Å². The molecule has 0 aliphatic carbocycles. The highest BCUT2D eigenvalue weighted by Gasteiger charge is 2.15. The zero-order chi connectivity index (χ0) is 11.9. The summed E-state index contributed by atoms with van der Waals surface area (Å²) in [5, 5.41) is 2.22. The lowest BCUT2D eigenvalue weighted by Crippen LogP contribution is -2.19. The first-order valence-electron chi connectivity index (χ1n) is 5.95. The van der Waals surface area contributed by atoms with Gasteiger partial charge in [-0.2, -0.15) is 0 Å². The van der Waals surface area contributed by atoms with Crippen molar-refractivity contribution in [2.45, 2.75) is 0 Å². The molecule has 2 heterocycles. The molecule has 0 amide bonds. The van der Waals surface area contributed by atoms with Crippen LogP contribution in [-0.2, 0) is 0 Å². The molecule has 84 valence electrons. The van der Waals surface area contributed by atoms with Crippen LogP contribution >= 0.6 is 0 Å². The van der Waals surface area contributed by atoms with Crippen molar-refractivity contribution in [1.82, 2.24) is 0 Å². The molecule has 2 aromatic rings. The van der Waals surface area contributed by atoms with E-state index in [-0.39, 0.29) is 0 Å². The summed E-state index contributed by atoms with van der Waals surface area (Å²) < 4.78 is 0. The van der Waals surface area contributed by atoms with Crippen molar-refractivity contribution in [2.75, 3.05) is 0 Å². The molecule has 0 aromatic heterocycles. The molecule has 2 aliphatic heterocycles. The molecular formula is C16H10N2. The second kappa shape index (κ2) is 3.50. The van der Waals surface area contributed by atoms with Crippen LogP contribution in [0.1, 0.15) is 5.56 Å². The maximum absolute atomic E-state index is 4.67. The van der Waals surface area contributed by atoms with Gasteiger partial charge in [0.25, 0.3) is 0 Å². The van der Waals surface area contributed by atoms with Crippen LogP contribution in [0.4, 0.5) is 5.69 Å². The van der Waals surface area contributed by atoms with E-state index in [1.54, 1.807) is 0 Å². The molecule has 4 rings (SSSR count). The first kappa shape index (κ1) is 9.54. The van der Waals surface area contributed by atoms with Crippen molar-refractivity contribution >= 4 is 23.6 Å².